The molecule has 0 saturated heterocycles. The SMILES string of the molecule is COC(=O)C(C)CN(CCc1ccc(F)cc1)C(=O)CC(C)C. The molecule has 1 aromatic carbocycles. The van der Waals surface area contributed by atoms with Crippen molar-refractivity contribution in [2.24, 2.45) is 11.8 Å². The Bertz CT molecular complexity index is 514. The second kappa shape index (κ2) is 9.28. The van der Waals surface area contributed by atoms with E-state index >= 15 is 0 Å². The number of hydrogen-bond donors (Lipinski definition) is 0. The number of hydrogen-bond acceptors (Lipinski definition) is 3. The lowest BCUT2D eigenvalue weighted by Gasteiger charge is -2.26. The second-order valence-corrected chi connectivity index (χ2v) is 6.24. The highest BCUT2D eigenvalue weighted by Crippen LogP contribution is 2.11. The maximum Gasteiger partial charge on any atom is 0.310 e. The summed E-state index contributed by atoms with van der Waals surface area (Å²) in [7, 11) is 1.34. The molecule has 0 fully saturated rings. The van der Waals surface area contributed by atoms with E-state index in [9.17, 15) is 14.0 Å². The average Bonchev–Trinajstić information content (AvgIpc) is 2.51. The van der Waals surface area contributed by atoms with E-state index in [0.717, 1.165) is 5.56 Å². The number of nitrogens with zero attached hydrogens (tertiary/aromatic N) is 1. The van der Waals surface area contributed by atoms with Crippen LogP contribution in [-0.2, 0) is 20.7 Å². The molecular weight excluding hydrogens is 297 g/mol. The van der Waals surface area contributed by atoms with Gasteiger partial charge in [0.05, 0.1) is 13.0 Å². The van der Waals surface area contributed by atoms with Crippen molar-refractivity contribution in [1.29, 1.82) is 0 Å². The van der Waals surface area contributed by atoms with E-state index < -0.39 is 0 Å². The third kappa shape index (κ3) is 6.80. The van der Waals surface area contributed by atoms with E-state index in [2.05, 4.69) is 0 Å². The first-order valence-electron chi connectivity index (χ1n) is 7.93. The lowest BCUT2D eigenvalue weighted by atomic mass is 10.1. The van der Waals surface area contributed by atoms with E-state index in [-0.39, 0.29) is 29.5 Å². The van der Waals surface area contributed by atoms with Gasteiger partial charge in [0, 0.05) is 19.5 Å². The van der Waals surface area contributed by atoms with Crippen molar-refractivity contribution in [3.05, 3.63) is 35.6 Å². The summed E-state index contributed by atoms with van der Waals surface area (Å²) in [6.07, 6.45) is 1.06. The molecule has 0 saturated carbocycles. The Morgan fingerprint density at radius 1 is 1.17 bits per heavy atom. The summed E-state index contributed by atoms with van der Waals surface area (Å²) in [5, 5.41) is 0. The minimum Gasteiger partial charge on any atom is -0.469 e. The van der Waals surface area contributed by atoms with Crippen LogP contribution in [0.3, 0.4) is 0 Å². The number of rotatable bonds is 8. The average molecular weight is 323 g/mol. The van der Waals surface area contributed by atoms with Crippen LogP contribution in [0.4, 0.5) is 4.39 Å². The molecule has 0 aliphatic carbocycles. The Morgan fingerprint density at radius 2 is 1.78 bits per heavy atom. The molecule has 1 amide bonds. The number of ether oxygens (including phenoxy) is 1. The molecule has 0 aliphatic heterocycles. The zero-order valence-electron chi connectivity index (χ0n) is 14.3. The Morgan fingerprint density at radius 3 is 2.30 bits per heavy atom. The third-order valence-electron chi connectivity index (χ3n) is 3.62. The summed E-state index contributed by atoms with van der Waals surface area (Å²) in [6.45, 7) is 6.55. The highest BCUT2D eigenvalue weighted by Gasteiger charge is 2.21. The molecule has 0 spiro atoms. The monoisotopic (exact) mass is 323 g/mol. The van der Waals surface area contributed by atoms with Crippen LogP contribution < -0.4 is 0 Å². The maximum absolute atomic E-state index is 12.9. The first kappa shape index (κ1) is 19.1. The number of amides is 1. The standard InChI is InChI=1S/C18H26FNO3/c1-13(2)11-17(21)20(12-14(3)18(22)23-4)10-9-15-5-7-16(19)8-6-15/h5-8,13-14H,9-12H2,1-4H3. The molecule has 23 heavy (non-hydrogen) atoms. The lowest BCUT2D eigenvalue weighted by molar-refractivity contribution is -0.146. The van der Waals surface area contributed by atoms with Crippen molar-refractivity contribution >= 4 is 11.9 Å². The van der Waals surface area contributed by atoms with Crippen LogP contribution in [0.1, 0.15) is 32.8 Å². The summed E-state index contributed by atoms with van der Waals surface area (Å²) in [5.74, 6) is -0.693. The fourth-order valence-electron chi connectivity index (χ4n) is 2.32. The van der Waals surface area contributed by atoms with Gasteiger partial charge in [-0.25, -0.2) is 4.39 Å². The van der Waals surface area contributed by atoms with Crippen molar-refractivity contribution < 1.29 is 18.7 Å². The van der Waals surface area contributed by atoms with Gasteiger partial charge in [0.2, 0.25) is 5.91 Å². The van der Waals surface area contributed by atoms with Crippen LogP contribution in [0.25, 0.3) is 0 Å². The molecule has 0 heterocycles. The molecule has 0 aromatic heterocycles. The van der Waals surface area contributed by atoms with Gasteiger partial charge >= 0.3 is 5.97 Å². The van der Waals surface area contributed by atoms with Crippen LogP contribution in [-0.4, -0.2) is 37.0 Å². The number of methoxy groups -OCH3 is 1. The van der Waals surface area contributed by atoms with Crippen molar-refractivity contribution in [3.8, 4) is 0 Å². The summed E-state index contributed by atoms with van der Waals surface area (Å²) in [6, 6.07) is 6.24. The smallest absolute Gasteiger partial charge is 0.310 e. The van der Waals surface area contributed by atoms with Crippen LogP contribution >= 0.6 is 0 Å². The van der Waals surface area contributed by atoms with E-state index in [1.165, 1.54) is 19.2 Å². The zero-order valence-corrected chi connectivity index (χ0v) is 14.3. The fraction of sp³-hybridized carbons (Fsp3) is 0.556. The summed E-state index contributed by atoms with van der Waals surface area (Å²) in [5.41, 5.74) is 0.958. The first-order chi connectivity index (χ1) is 10.8. The molecule has 5 heteroatoms. The lowest BCUT2D eigenvalue weighted by Crippen LogP contribution is -2.39. The molecular formula is C18H26FNO3. The Balaban J connectivity index is 2.71. The van der Waals surface area contributed by atoms with Crippen LogP contribution in [0.15, 0.2) is 24.3 Å². The van der Waals surface area contributed by atoms with Crippen LogP contribution in [0, 0.1) is 17.7 Å². The van der Waals surface area contributed by atoms with Crippen LogP contribution in [0.5, 0.6) is 0 Å². The maximum atomic E-state index is 12.9. The molecule has 128 valence electrons. The van der Waals surface area contributed by atoms with Gasteiger partial charge in [0.25, 0.3) is 0 Å². The summed E-state index contributed by atoms with van der Waals surface area (Å²) < 4.78 is 17.7. The predicted octanol–water partition coefficient (Wildman–Crippen LogP) is 3.05. The number of carbonyl (C=O) groups is 2. The molecule has 1 unspecified atom stereocenters. The van der Waals surface area contributed by atoms with Gasteiger partial charge in [-0.1, -0.05) is 32.9 Å². The second-order valence-electron chi connectivity index (χ2n) is 6.24. The van der Waals surface area contributed by atoms with Crippen LogP contribution in [0.2, 0.25) is 0 Å². The zero-order chi connectivity index (χ0) is 17.4. The van der Waals surface area contributed by atoms with Crippen molar-refractivity contribution in [2.45, 2.75) is 33.6 Å². The number of esters is 1. The Labute approximate surface area is 137 Å². The summed E-state index contributed by atoms with van der Waals surface area (Å²) in [4.78, 5) is 25.7. The molecule has 1 aromatic rings. The van der Waals surface area contributed by atoms with Gasteiger partial charge in [-0.3, -0.25) is 9.59 Å². The fourth-order valence-corrected chi connectivity index (χ4v) is 2.32. The quantitative estimate of drug-likeness (QED) is 0.691. The third-order valence-corrected chi connectivity index (χ3v) is 3.62. The van der Waals surface area contributed by atoms with Gasteiger partial charge in [0.15, 0.2) is 0 Å². The molecule has 1 atom stereocenters. The highest BCUT2D eigenvalue weighted by atomic mass is 19.1. The molecule has 0 N–H and O–H groups in total. The molecule has 4 nitrogen and oxygen atoms in total. The van der Waals surface area contributed by atoms with Gasteiger partial charge in [-0.05, 0) is 30.0 Å². The van der Waals surface area contributed by atoms with Gasteiger partial charge < -0.3 is 9.64 Å². The van der Waals surface area contributed by atoms with Crippen molar-refractivity contribution in [1.82, 2.24) is 4.90 Å². The van der Waals surface area contributed by atoms with Gasteiger partial charge in [-0.2, -0.15) is 0 Å². The van der Waals surface area contributed by atoms with Gasteiger partial charge in [0.1, 0.15) is 5.82 Å². The molecule has 0 bridgehead atoms. The Kier molecular flexibility index (Phi) is 7.72. The highest BCUT2D eigenvalue weighted by molar-refractivity contribution is 5.78. The number of carbonyl (C=O) groups excluding carboxylic acids is 2. The van der Waals surface area contributed by atoms with Crippen molar-refractivity contribution in [2.75, 3.05) is 20.2 Å². The van der Waals surface area contributed by atoms with E-state index in [0.29, 0.717) is 25.9 Å². The van der Waals surface area contributed by atoms with E-state index in [1.807, 2.05) is 13.8 Å². The Hall–Kier alpha value is -1.91. The molecule has 0 aliphatic rings. The predicted molar refractivity (Wildman–Crippen MR) is 87.3 cm³/mol. The number of benzene rings is 1. The first-order valence-corrected chi connectivity index (χ1v) is 7.93. The minimum absolute atomic E-state index is 0.0258. The van der Waals surface area contributed by atoms with E-state index in [4.69, 9.17) is 4.74 Å². The number of halogens is 1. The normalized spacial score (nSPS) is 12.1. The topological polar surface area (TPSA) is 46.6 Å². The largest absolute Gasteiger partial charge is 0.469 e. The molecule has 1 rings (SSSR count). The van der Waals surface area contributed by atoms with E-state index in [1.54, 1.807) is 24.0 Å². The van der Waals surface area contributed by atoms with Gasteiger partial charge in [-0.15, -0.1) is 0 Å². The van der Waals surface area contributed by atoms with Crippen molar-refractivity contribution in [3.63, 3.8) is 0 Å². The molecule has 0 radical (unpaired) electrons. The minimum atomic E-state index is -0.371. The summed E-state index contributed by atoms with van der Waals surface area (Å²) >= 11 is 0.